The molecule has 1 aliphatic heterocycles. The molecule has 0 unspecified atom stereocenters. The molecule has 0 saturated carbocycles. The van der Waals surface area contributed by atoms with Crippen LogP contribution < -0.4 is 5.32 Å². The number of sulfonamides is 1. The molecular formula is C18H21N3O4S. The number of nitrogens with one attached hydrogen (secondary N) is 1. The van der Waals surface area contributed by atoms with Crippen molar-refractivity contribution in [2.45, 2.75) is 30.7 Å². The lowest BCUT2D eigenvalue weighted by molar-refractivity contribution is -0.121. The van der Waals surface area contributed by atoms with Crippen molar-refractivity contribution in [1.82, 2.24) is 10.2 Å². The Bertz CT molecular complexity index is 920. The Kier molecular flexibility index (Phi) is 5.13. The third kappa shape index (κ3) is 3.96. The van der Waals surface area contributed by atoms with E-state index in [2.05, 4.69) is 9.71 Å². The summed E-state index contributed by atoms with van der Waals surface area (Å²) in [5, 5.41) is 2.91. The fourth-order valence-corrected chi connectivity index (χ4v) is 4.11. The van der Waals surface area contributed by atoms with Gasteiger partial charge in [0.2, 0.25) is 5.91 Å². The summed E-state index contributed by atoms with van der Waals surface area (Å²) in [5.74, 6) is 0.980. The molecule has 1 amide bonds. The van der Waals surface area contributed by atoms with Gasteiger partial charge in [0.15, 0.2) is 5.84 Å². The smallest absolute Gasteiger partial charge is 0.285 e. The van der Waals surface area contributed by atoms with Gasteiger partial charge in [0.1, 0.15) is 10.7 Å². The van der Waals surface area contributed by atoms with Crippen LogP contribution in [0.1, 0.15) is 24.7 Å². The van der Waals surface area contributed by atoms with Crippen LogP contribution in [0.5, 0.6) is 0 Å². The normalized spacial score (nSPS) is 15.8. The minimum atomic E-state index is -3.69. The summed E-state index contributed by atoms with van der Waals surface area (Å²) in [6.45, 7) is 1.95. The minimum absolute atomic E-state index is 0.0216. The number of rotatable bonds is 6. The highest BCUT2D eigenvalue weighted by Crippen LogP contribution is 2.26. The summed E-state index contributed by atoms with van der Waals surface area (Å²) in [5.41, 5.74) is 0.522. The molecule has 0 saturated heterocycles. The first kappa shape index (κ1) is 18.2. The van der Waals surface area contributed by atoms with Gasteiger partial charge in [-0.25, -0.2) is 0 Å². The molecule has 0 radical (unpaired) electrons. The van der Waals surface area contributed by atoms with E-state index >= 15 is 0 Å². The molecule has 2 heterocycles. The van der Waals surface area contributed by atoms with E-state index in [0.717, 1.165) is 18.6 Å². The molecule has 1 aliphatic rings. The molecule has 8 heteroatoms. The van der Waals surface area contributed by atoms with E-state index in [1.54, 1.807) is 36.4 Å². The second-order valence-corrected chi connectivity index (χ2v) is 7.90. The van der Waals surface area contributed by atoms with Crippen molar-refractivity contribution in [2.24, 2.45) is 4.40 Å². The van der Waals surface area contributed by atoms with Crippen LogP contribution in [-0.4, -0.2) is 44.7 Å². The quantitative estimate of drug-likeness (QED) is 0.831. The lowest BCUT2D eigenvalue weighted by atomic mass is 10.1. The zero-order chi connectivity index (χ0) is 18.7. The lowest BCUT2D eigenvalue weighted by Crippen LogP contribution is -2.41. The fourth-order valence-electron chi connectivity index (χ4n) is 2.86. The zero-order valence-electron chi connectivity index (χ0n) is 14.7. The van der Waals surface area contributed by atoms with E-state index in [1.165, 1.54) is 6.07 Å². The van der Waals surface area contributed by atoms with Crippen LogP contribution in [0, 0.1) is 0 Å². The van der Waals surface area contributed by atoms with Crippen LogP contribution in [0.25, 0.3) is 0 Å². The van der Waals surface area contributed by atoms with Crippen molar-refractivity contribution in [3.8, 4) is 0 Å². The number of benzene rings is 1. The average Bonchev–Trinajstić information content (AvgIpc) is 3.19. The summed E-state index contributed by atoms with van der Waals surface area (Å²) in [6.07, 6.45) is 3.12. The molecule has 1 aromatic carbocycles. The van der Waals surface area contributed by atoms with E-state index in [9.17, 15) is 13.2 Å². The van der Waals surface area contributed by atoms with Gasteiger partial charge in [-0.2, -0.15) is 8.42 Å². The Labute approximate surface area is 152 Å². The molecule has 1 atom stereocenters. The number of amidine groups is 1. The van der Waals surface area contributed by atoms with Crippen molar-refractivity contribution < 1.29 is 17.6 Å². The van der Waals surface area contributed by atoms with E-state index < -0.39 is 10.0 Å². The van der Waals surface area contributed by atoms with Gasteiger partial charge < -0.3 is 14.6 Å². The maximum atomic E-state index is 12.3. The predicted molar refractivity (Wildman–Crippen MR) is 97.4 cm³/mol. The Hall–Kier alpha value is -2.61. The molecule has 7 nitrogen and oxygen atoms in total. The van der Waals surface area contributed by atoms with Crippen molar-refractivity contribution >= 4 is 21.8 Å². The van der Waals surface area contributed by atoms with Gasteiger partial charge in [-0.15, -0.1) is 4.40 Å². The highest BCUT2D eigenvalue weighted by Gasteiger charge is 2.30. The number of amides is 1. The minimum Gasteiger partial charge on any atom is -0.469 e. The predicted octanol–water partition coefficient (Wildman–Crippen LogP) is 1.80. The third-order valence-corrected chi connectivity index (χ3v) is 5.49. The summed E-state index contributed by atoms with van der Waals surface area (Å²) in [6, 6.07) is 10.3. The largest absolute Gasteiger partial charge is 0.469 e. The summed E-state index contributed by atoms with van der Waals surface area (Å²) < 4.78 is 33.3. The molecule has 0 fully saturated rings. The molecule has 0 aliphatic carbocycles. The van der Waals surface area contributed by atoms with Gasteiger partial charge in [0.25, 0.3) is 10.0 Å². The summed E-state index contributed by atoms with van der Waals surface area (Å²) in [7, 11) is -2.03. The average molecular weight is 375 g/mol. The van der Waals surface area contributed by atoms with E-state index in [4.69, 9.17) is 4.42 Å². The maximum Gasteiger partial charge on any atom is 0.285 e. The highest BCUT2D eigenvalue weighted by molar-refractivity contribution is 7.90. The molecule has 26 heavy (non-hydrogen) atoms. The molecule has 2 aromatic rings. The third-order valence-electron chi connectivity index (χ3n) is 4.17. The fraction of sp³-hybridized carbons (Fsp3) is 0.333. The van der Waals surface area contributed by atoms with Gasteiger partial charge >= 0.3 is 0 Å². The van der Waals surface area contributed by atoms with E-state index in [1.807, 2.05) is 19.1 Å². The Morgan fingerprint density at radius 3 is 2.77 bits per heavy atom. The first-order valence-electron chi connectivity index (χ1n) is 8.34. The first-order valence-corrected chi connectivity index (χ1v) is 9.78. The molecule has 138 valence electrons. The molecular weight excluding hydrogens is 354 g/mol. The van der Waals surface area contributed by atoms with Crippen LogP contribution in [-0.2, 0) is 21.2 Å². The molecule has 0 spiro atoms. The second kappa shape index (κ2) is 7.33. The Morgan fingerprint density at radius 1 is 1.27 bits per heavy atom. The van der Waals surface area contributed by atoms with Gasteiger partial charge in [-0.05, 0) is 37.6 Å². The SMILES string of the molecule is C[C@H](CCc1ccco1)NC(=O)CN(C)C1=NS(=O)(=O)c2ccccc21. The van der Waals surface area contributed by atoms with Gasteiger partial charge in [-0.1, -0.05) is 12.1 Å². The number of furan rings is 1. The van der Waals surface area contributed by atoms with Gasteiger partial charge in [-0.3, -0.25) is 4.79 Å². The van der Waals surface area contributed by atoms with Gasteiger partial charge in [0.05, 0.1) is 12.8 Å². The van der Waals surface area contributed by atoms with Crippen LogP contribution in [0.15, 0.2) is 56.4 Å². The Balaban J connectivity index is 1.58. The Morgan fingerprint density at radius 2 is 2.04 bits per heavy atom. The number of likely N-dealkylation sites (N-methyl/N-ethyl adjacent to an activating group) is 1. The number of fused-ring (bicyclic) bond motifs is 1. The number of nitrogens with zero attached hydrogens (tertiary/aromatic N) is 2. The number of aryl methyl sites for hydroxylation is 1. The summed E-state index contributed by atoms with van der Waals surface area (Å²) >= 11 is 0. The van der Waals surface area contributed by atoms with Crippen molar-refractivity contribution in [3.05, 3.63) is 54.0 Å². The number of carbonyl (C=O) groups excluding carboxylic acids is 1. The van der Waals surface area contributed by atoms with Crippen molar-refractivity contribution in [1.29, 1.82) is 0 Å². The molecule has 0 bridgehead atoms. The van der Waals surface area contributed by atoms with E-state index in [-0.39, 0.29) is 23.4 Å². The molecule has 1 N–H and O–H groups in total. The number of carbonyl (C=O) groups is 1. The standard InChI is InChI=1S/C18H21N3O4S/c1-13(9-10-14-6-5-11-25-14)19-17(22)12-21(2)18-15-7-3-4-8-16(15)26(23,24)20-18/h3-8,11,13H,9-10,12H2,1-2H3,(H,19,22)/t13-/m1/s1. The maximum absolute atomic E-state index is 12.3. The molecule has 3 rings (SSSR count). The van der Waals surface area contributed by atoms with Gasteiger partial charge in [0, 0.05) is 25.1 Å². The molecule has 1 aromatic heterocycles. The van der Waals surface area contributed by atoms with E-state index in [0.29, 0.717) is 11.4 Å². The van der Waals surface area contributed by atoms with Crippen LogP contribution in [0.2, 0.25) is 0 Å². The first-order chi connectivity index (χ1) is 12.4. The summed E-state index contributed by atoms with van der Waals surface area (Å²) in [4.78, 5) is 14.0. The highest BCUT2D eigenvalue weighted by atomic mass is 32.2. The van der Waals surface area contributed by atoms with Crippen LogP contribution in [0.3, 0.4) is 0 Å². The van der Waals surface area contributed by atoms with Crippen LogP contribution in [0.4, 0.5) is 0 Å². The number of hydrogen-bond acceptors (Lipinski definition) is 5. The van der Waals surface area contributed by atoms with Crippen molar-refractivity contribution in [3.63, 3.8) is 0 Å². The topological polar surface area (TPSA) is 92.0 Å². The van der Waals surface area contributed by atoms with Crippen molar-refractivity contribution in [2.75, 3.05) is 13.6 Å². The lowest BCUT2D eigenvalue weighted by Gasteiger charge is -2.20. The zero-order valence-corrected chi connectivity index (χ0v) is 15.5. The second-order valence-electron chi connectivity index (χ2n) is 6.33. The van der Waals surface area contributed by atoms with Crippen LogP contribution >= 0.6 is 0 Å². The monoisotopic (exact) mass is 375 g/mol. The number of hydrogen-bond donors (Lipinski definition) is 1.